The van der Waals surface area contributed by atoms with Crippen LogP contribution in [-0.4, -0.2) is 36.2 Å². The molecular weight excluding hydrogens is 450 g/mol. The Morgan fingerprint density at radius 3 is 2.24 bits per heavy atom. The number of hydrogen-bond donors (Lipinski definition) is 0. The minimum atomic E-state index is -0.777. The van der Waals surface area contributed by atoms with Crippen LogP contribution in [0.15, 0.2) is 77.5 Å². The summed E-state index contributed by atoms with van der Waals surface area (Å²) in [6, 6.07) is 18.7. The molecule has 0 N–H and O–H groups in total. The molecule has 3 aromatic carbocycles. The molecular formula is C25H17ClF2N2O3. The third-order valence-corrected chi connectivity index (χ3v) is 5.64. The van der Waals surface area contributed by atoms with E-state index in [1.807, 2.05) is 48.5 Å². The van der Waals surface area contributed by atoms with E-state index in [0.717, 1.165) is 28.8 Å². The number of carbonyl (C=O) groups is 1. The number of halogens is 3. The highest BCUT2D eigenvalue weighted by atomic mass is 35.5. The minimum Gasteiger partial charge on any atom is -0.473 e. The number of aliphatic imine (C=N–C) groups is 1. The average molecular weight is 467 g/mol. The van der Waals surface area contributed by atoms with Gasteiger partial charge in [0.15, 0.2) is 18.7 Å². The fourth-order valence-corrected chi connectivity index (χ4v) is 3.78. The van der Waals surface area contributed by atoms with Crippen LogP contribution in [0.4, 0.5) is 8.78 Å². The minimum absolute atomic E-state index is 0.0126. The predicted octanol–water partition coefficient (Wildman–Crippen LogP) is 5.25. The van der Waals surface area contributed by atoms with Crippen LogP contribution in [0.25, 0.3) is 17.2 Å². The second-order valence-corrected chi connectivity index (χ2v) is 7.94. The number of carbonyl (C=O) groups excluding carboxylic acids is 1. The molecule has 0 saturated carbocycles. The fraction of sp³-hybridized carbons (Fsp3) is 0.120. The lowest BCUT2D eigenvalue weighted by atomic mass is 10.0. The molecule has 2 aliphatic heterocycles. The summed E-state index contributed by atoms with van der Waals surface area (Å²) in [5.41, 5.74) is 2.49. The number of rotatable bonds is 4. The zero-order valence-corrected chi connectivity index (χ0v) is 17.9. The van der Waals surface area contributed by atoms with Crippen molar-refractivity contribution in [1.29, 1.82) is 0 Å². The fourth-order valence-electron chi connectivity index (χ4n) is 3.65. The van der Waals surface area contributed by atoms with Crippen molar-refractivity contribution in [3.8, 4) is 11.1 Å². The smallest absolute Gasteiger partial charge is 0.293 e. The molecule has 1 atom stereocenters. The number of benzene rings is 3. The molecule has 1 unspecified atom stereocenters. The van der Waals surface area contributed by atoms with E-state index in [2.05, 4.69) is 4.99 Å². The van der Waals surface area contributed by atoms with Crippen molar-refractivity contribution >= 4 is 29.5 Å². The third kappa shape index (κ3) is 4.19. The van der Waals surface area contributed by atoms with E-state index in [1.165, 1.54) is 11.0 Å². The van der Waals surface area contributed by atoms with Gasteiger partial charge in [-0.2, -0.15) is 0 Å². The standard InChI is InChI=1S/C25H17ClF2N2O3/c26-18-10-8-17(9-11-18)16-6-4-15(5-7-16)12-21-25(31)30(14-33-21)22-13-32-24(29-22)23-19(27)2-1-3-20(23)28/h1-12,22H,13-14H2. The second kappa shape index (κ2) is 8.67. The van der Waals surface area contributed by atoms with Crippen LogP contribution in [0.5, 0.6) is 0 Å². The molecule has 2 heterocycles. The third-order valence-electron chi connectivity index (χ3n) is 5.39. The Bertz CT molecular complexity index is 1250. The highest BCUT2D eigenvalue weighted by Gasteiger charge is 2.37. The Hall–Kier alpha value is -3.71. The van der Waals surface area contributed by atoms with E-state index in [-0.39, 0.29) is 36.5 Å². The van der Waals surface area contributed by atoms with Gasteiger partial charge in [0.1, 0.15) is 23.8 Å². The van der Waals surface area contributed by atoms with Crippen LogP contribution < -0.4 is 0 Å². The van der Waals surface area contributed by atoms with Crippen molar-refractivity contribution in [1.82, 2.24) is 4.90 Å². The molecule has 8 heteroatoms. The molecule has 166 valence electrons. The van der Waals surface area contributed by atoms with E-state index in [9.17, 15) is 13.6 Å². The quantitative estimate of drug-likeness (QED) is 0.494. The van der Waals surface area contributed by atoms with Crippen molar-refractivity contribution < 1.29 is 23.0 Å². The van der Waals surface area contributed by atoms with Gasteiger partial charge in [-0.3, -0.25) is 9.69 Å². The molecule has 33 heavy (non-hydrogen) atoms. The lowest BCUT2D eigenvalue weighted by Gasteiger charge is -2.15. The van der Waals surface area contributed by atoms with E-state index in [4.69, 9.17) is 21.1 Å². The lowest BCUT2D eigenvalue weighted by molar-refractivity contribution is -0.126. The monoisotopic (exact) mass is 466 g/mol. The first kappa shape index (κ1) is 21.2. The molecule has 5 rings (SSSR count). The number of hydrogen-bond acceptors (Lipinski definition) is 4. The maximum atomic E-state index is 14.0. The van der Waals surface area contributed by atoms with Crippen LogP contribution in [0.2, 0.25) is 5.02 Å². The molecule has 5 nitrogen and oxygen atoms in total. The largest absolute Gasteiger partial charge is 0.473 e. The van der Waals surface area contributed by atoms with Gasteiger partial charge in [0, 0.05) is 5.02 Å². The summed E-state index contributed by atoms with van der Waals surface area (Å²) in [5, 5.41) is 0.671. The first-order valence-electron chi connectivity index (χ1n) is 10.2. The van der Waals surface area contributed by atoms with Crippen LogP contribution in [-0.2, 0) is 14.3 Å². The normalized spacial score (nSPS) is 18.9. The van der Waals surface area contributed by atoms with Gasteiger partial charge < -0.3 is 9.47 Å². The predicted molar refractivity (Wildman–Crippen MR) is 120 cm³/mol. The average Bonchev–Trinajstić information content (AvgIpc) is 3.42. The molecule has 0 spiro atoms. The topological polar surface area (TPSA) is 51.1 Å². The molecule has 0 aliphatic carbocycles. The second-order valence-electron chi connectivity index (χ2n) is 7.51. The first-order chi connectivity index (χ1) is 16.0. The van der Waals surface area contributed by atoms with Crippen LogP contribution in [0, 0.1) is 11.6 Å². The molecule has 0 radical (unpaired) electrons. The highest BCUT2D eigenvalue weighted by Crippen LogP contribution is 2.26. The summed E-state index contributed by atoms with van der Waals surface area (Å²) >= 11 is 5.94. The van der Waals surface area contributed by atoms with Gasteiger partial charge in [0.25, 0.3) is 5.91 Å². The summed E-state index contributed by atoms with van der Waals surface area (Å²) in [7, 11) is 0. The van der Waals surface area contributed by atoms with Gasteiger partial charge in [-0.1, -0.05) is 54.1 Å². The molecule has 1 fully saturated rings. The van der Waals surface area contributed by atoms with Crippen molar-refractivity contribution in [2.45, 2.75) is 6.17 Å². The van der Waals surface area contributed by atoms with E-state index >= 15 is 0 Å². The van der Waals surface area contributed by atoms with Crippen LogP contribution in [0.3, 0.4) is 0 Å². The van der Waals surface area contributed by atoms with Gasteiger partial charge in [-0.05, 0) is 47.0 Å². The molecule has 0 aromatic heterocycles. The van der Waals surface area contributed by atoms with Gasteiger partial charge in [0.2, 0.25) is 5.90 Å². The van der Waals surface area contributed by atoms with Gasteiger partial charge in [-0.15, -0.1) is 0 Å². The molecule has 2 aliphatic rings. The Morgan fingerprint density at radius 2 is 1.58 bits per heavy atom. The summed E-state index contributed by atoms with van der Waals surface area (Å²) in [4.78, 5) is 18.4. The maximum absolute atomic E-state index is 14.0. The highest BCUT2D eigenvalue weighted by molar-refractivity contribution is 6.30. The number of nitrogens with zero attached hydrogens (tertiary/aromatic N) is 2. The van der Waals surface area contributed by atoms with Crippen molar-refractivity contribution in [3.63, 3.8) is 0 Å². The zero-order chi connectivity index (χ0) is 22.9. The lowest BCUT2D eigenvalue weighted by Crippen LogP contribution is -2.36. The first-order valence-corrected chi connectivity index (χ1v) is 10.5. The number of ether oxygens (including phenoxy) is 2. The van der Waals surface area contributed by atoms with Gasteiger partial charge in [0.05, 0.1) is 0 Å². The molecule has 3 aromatic rings. The Morgan fingerprint density at radius 1 is 0.939 bits per heavy atom. The van der Waals surface area contributed by atoms with E-state index < -0.39 is 17.8 Å². The van der Waals surface area contributed by atoms with Crippen molar-refractivity contribution in [3.05, 3.63) is 100 Å². The molecule has 0 bridgehead atoms. The van der Waals surface area contributed by atoms with E-state index in [1.54, 1.807) is 6.08 Å². The van der Waals surface area contributed by atoms with Crippen LogP contribution >= 0.6 is 11.6 Å². The van der Waals surface area contributed by atoms with Gasteiger partial charge in [-0.25, -0.2) is 13.8 Å². The summed E-state index contributed by atoms with van der Waals surface area (Å²) < 4.78 is 39.0. The zero-order valence-electron chi connectivity index (χ0n) is 17.2. The SMILES string of the molecule is O=C1C(=Cc2ccc(-c3ccc(Cl)cc3)cc2)OCN1C1COC(c2c(F)cccc2F)=N1. The maximum Gasteiger partial charge on any atom is 0.293 e. The van der Waals surface area contributed by atoms with Crippen molar-refractivity contribution in [2.75, 3.05) is 13.3 Å². The Kier molecular flexibility index (Phi) is 5.56. The van der Waals surface area contributed by atoms with Crippen molar-refractivity contribution in [2.24, 2.45) is 4.99 Å². The Balaban J connectivity index is 1.31. The van der Waals surface area contributed by atoms with E-state index in [0.29, 0.717) is 5.02 Å². The molecule has 1 amide bonds. The van der Waals surface area contributed by atoms with Crippen LogP contribution in [0.1, 0.15) is 11.1 Å². The summed E-state index contributed by atoms with van der Waals surface area (Å²) in [6.45, 7) is -0.0423. The Labute approximate surface area is 193 Å². The van der Waals surface area contributed by atoms with Gasteiger partial charge >= 0.3 is 0 Å². The molecule has 1 saturated heterocycles. The number of amides is 1. The summed E-state index contributed by atoms with van der Waals surface area (Å²) in [6.07, 6.45) is 0.912. The summed E-state index contributed by atoms with van der Waals surface area (Å²) in [5.74, 6) is -1.93.